The highest BCUT2D eigenvalue weighted by Crippen LogP contribution is 2.16. The summed E-state index contributed by atoms with van der Waals surface area (Å²) in [7, 11) is 0. The standard InChI is InChI=1S/C59H108O6/c1-4-7-10-13-16-19-22-24-25-26-27-28-29-30-31-32-33-35-37-40-43-46-49-52-58(61)64-55-56(54-63-57(60)51-48-45-42-39-36-21-18-15-12-9-6-3)65-59(62)53-50-47-44-41-38-34-23-20-17-14-11-8-5-2/h11,14,20,23,26-27,56H,4-10,12-13,15-19,21-22,24-25,28-55H2,1-3H3/b14-11-,23-20-,27-26-. The Morgan fingerprint density at radius 3 is 0.923 bits per heavy atom. The zero-order chi connectivity index (χ0) is 47.2. The van der Waals surface area contributed by atoms with E-state index in [-0.39, 0.29) is 31.1 Å². The molecule has 0 spiro atoms. The van der Waals surface area contributed by atoms with Crippen molar-refractivity contribution < 1.29 is 28.6 Å². The summed E-state index contributed by atoms with van der Waals surface area (Å²) in [5.74, 6) is -0.877. The molecule has 0 amide bonds. The molecule has 0 N–H and O–H groups in total. The van der Waals surface area contributed by atoms with Crippen LogP contribution in [0.5, 0.6) is 0 Å². The zero-order valence-electron chi connectivity index (χ0n) is 43.5. The van der Waals surface area contributed by atoms with E-state index < -0.39 is 6.10 Å². The summed E-state index contributed by atoms with van der Waals surface area (Å²) >= 11 is 0. The van der Waals surface area contributed by atoms with E-state index >= 15 is 0 Å². The number of carbonyl (C=O) groups is 3. The Morgan fingerprint density at radius 2 is 0.585 bits per heavy atom. The summed E-state index contributed by atoms with van der Waals surface area (Å²) in [6, 6.07) is 0. The minimum absolute atomic E-state index is 0.0748. The minimum atomic E-state index is -0.775. The second-order valence-electron chi connectivity index (χ2n) is 19.2. The normalized spacial score (nSPS) is 12.2. The summed E-state index contributed by atoms with van der Waals surface area (Å²) in [5.41, 5.74) is 0. The fourth-order valence-electron chi connectivity index (χ4n) is 8.30. The van der Waals surface area contributed by atoms with Gasteiger partial charge in [0, 0.05) is 19.3 Å². The number of hydrogen-bond acceptors (Lipinski definition) is 6. The van der Waals surface area contributed by atoms with Gasteiger partial charge in [0.1, 0.15) is 13.2 Å². The molecular weight excluding hydrogens is 805 g/mol. The largest absolute Gasteiger partial charge is 0.462 e. The van der Waals surface area contributed by atoms with E-state index in [0.717, 1.165) is 89.9 Å². The number of rotatable bonds is 52. The number of allylic oxidation sites excluding steroid dienone is 6. The SMILES string of the molecule is CCC/C=C\C/C=C\CCCCCCCC(=O)OC(COC(=O)CCCCCCCCCCCCC)COC(=O)CCCCCCCCCCCCC/C=C\CCCCCCCCCC. The molecule has 0 heterocycles. The second kappa shape index (κ2) is 54.2. The first-order valence-electron chi connectivity index (χ1n) is 28.5. The van der Waals surface area contributed by atoms with Gasteiger partial charge >= 0.3 is 17.9 Å². The lowest BCUT2D eigenvalue weighted by Crippen LogP contribution is -2.30. The van der Waals surface area contributed by atoms with Crippen molar-refractivity contribution in [1.29, 1.82) is 0 Å². The second-order valence-corrected chi connectivity index (χ2v) is 19.2. The number of carbonyl (C=O) groups excluding carboxylic acids is 3. The van der Waals surface area contributed by atoms with Gasteiger partial charge in [-0.3, -0.25) is 14.4 Å². The van der Waals surface area contributed by atoms with Crippen LogP contribution in [0, 0.1) is 0 Å². The molecular formula is C59H108O6. The lowest BCUT2D eigenvalue weighted by Gasteiger charge is -2.18. The zero-order valence-corrected chi connectivity index (χ0v) is 43.5. The van der Waals surface area contributed by atoms with Gasteiger partial charge in [-0.1, -0.05) is 250 Å². The average Bonchev–Trinajstić information content (AvgIpc) is 3.30. The molecule has 0 fully saturated rings. The van der Waals surface area contributed by atoms with E-state index in [1.807, 2.05) is 0 Å². The van der Waals surface area contributed by atoms with E-state index in [4.69, 9.17) is 14.2 Å². The molecule has 0 saturated carbocycles. The third-order valence-corrected chi connectivity index (χ3v) is 12.6. The van der Waals surface area contributed by atoms with Gasteiger partial charge in [0.25, 0.3) is 0 Å². The number of ether oxygens (including phenoxy) is 3. The Hall–Kier alpha value is -2.37. The van der Waals surface area contributed by atoms with Gasteiger partial charge in [0.2, 0.25) is 0 Å². The fraction of sp³-hybridized carbons (Fsp3) is 0.847. The van der Waals surface area contributed by atoms with Gasteiger partial charge in [0.15, 0.2) is 6.10 Å². The molecule has 0 aromatic heterocycles. The van der Waals surface area contributed by atoms with Crippen LogP contribution in [0.4, 0.5) is 0 Å². The predicted molar refractivity (Wildman–Crippen MR) is 279 cm³/mol. The van der Waals surface area contributed by atoms with Gasteiger partial charge in [-0.2, -0.15) is 0 Å². The third-order valence-electron chi connectivity index (χ3n) is 12.6. The van der Waals surface area contributed by atoms with E-state index in [9.17, 15) is 14.4 Å². The lowest BCUT2D eigenvalue weighted by atomic mass is 10.0. The number of unbranched alkanes of at least 4 members (excludes halogenated alkanes) is 35. The molecule has 0 bridgehead atoms. The highest BCUT2D eigenvalue weighted by molar-refractivity contribution is 5.71. The van der Waals surface area contributed by atoms with E-state index in [2.05, 4.69) is 57.2 Å². The smallest absolute Gasteiger partial charge is 0.306 e. The van der Waals surface area contributed by atoms with Crippen molar-refractivity contribution in [3.63, 3.8) is 0 Å². The van der Waals surface area contributed by atoms with Crippen molar-refractivity contribution in [2.45, 2.75) is 309 Å². The molecule has 6 heteroatoms. The van der Waals surface area contributed by atoms with Crippen molar-refractivity contribution >= 4 is 17.9 Å². The van der Waals surface area contributed by atoms with E-state index in [1.54, 1.807) is 0 Å². The Bertz CT molecular complexity index is 1090. The lowest BCUT2D eigenvalue weighted by molar-refractivity contribution is -0.167. The van der Waals surface area contributed by atoms with Crippen LogP contribution in [0.3, 0.4) is 0 Å². The Labute approximate surface area is 404 Å². The first-order chi connectivity index (χ1) is 32.0. The minimum Gasteiger partial charge on any atom is -0.462 e. The van der Waals surface area contributed by atoms with Gasteiger partial charge in [-0.25, -0.2) is 0 Å². The quantitative estimate of drug-likeness (QED) is 0.0262. The monoisotopic (exact) mass is 913 g/mol. The maximum Gasteiger partial charge on any atom is 0.306 e. The highest BCUT2D eigenvalue weighted by atomic mass is 16.6. The molecule has 0 aliphatic rings. The van der Waals surface area contributed by atoms with Crippen molar-refractivity contribution in [2.75, 3.05) is 13.2 Å². The topological polar surface area (TPSA) is 78.9 Å². The molecule has 6 nitrogen and oxygen atoms in total. The average molecular weight is 914 g/mol. The summed E-state index contributed by atoms with van der Waals surface area (Å²) < 4.78 is 16.8. The fourth-order valence-corrected chi connectivity index (χ4v) is 8.30. The van der Waals surface area contributed by atoms with Gasteiger partial charge in [-0.15, -0.1) is 0 Å². The third kappa shape index (κ3) is 52.5. The van der Waals surface area contributed by atoms with Crippen LogP contribution in [-0.4, -0.2) is 37.2 Å². The molecule has 65 heavy (non-hydrogen) atoms. The summed E-state index contributed by atoms with van der Waals surface area (Å²) in [6.45, 7) is 6.59. The van der Waals surface area contributed by atoms with Crippen molar-refractivity contribution in [2.24, 2.45) is 0 Å². The van der Waals surface area contributed by atoms with Crippen LogP contribution in [0.25, 0.3) is 0 Å². The first kappa shape index (κ1) is 62.6. The van der Waals surface area contributed by atoms with Crippen LogP contribution in [0.2, 0.25) is 0 Å². The van der Waals surface area contributed by atoms with Crippen LogP contribution in [-0.2, 0) is 28.6 Å². The maximum atomic E-state index is 12.8. The Morgan fingerprint density at radius 1 is 0.308 bits per heavy atom. The van der Waals surface area contributed by atoms with Crippen molar-refractivity contribution in [1.82, 2.24) is 0 Å². The summed E-state index contributed by atoms with van der Waals surface area (Å²) in [5, 5.41) is 0. The van der Waals surface area contributed by atoms with Crippen LogP contribution in [0.1, 0.15) is 303 Å². The predicted octanol–water partition coefficient (Wildman–Crippen LogP) is 18.9. The molecule has 0 aromatic rings. The highest BCUT2D eigenvalue weighted by Gasteiger charge is 2.19. The van der Waals surface area contributed by atoms with Crippen LogP contribution >= 0.6 is 0 Å². The van der Waals surface area contributed by atoms with Crippen molar-refractivity contribution in [3.05, 3.63) is 36.5 Å². The van der Waals surface area contributed by atoms with Crippen LogP contribution < -0.4 is 0 Å². The molecule has 1 atom stereocenters. The van der Waals surface area contributed by atoms with Gasteiger partial charge in [-0.05, 0) is 70.6 Å². The number of esters is 3. The van der Waals surface area contributed by atoms with Crippen molar-refractivity contribution in [3.8, 4) is 0 Å². The summed E-state index contributed by atoms with van der Waals surface area (Å²) in [4.78, 5) is 38.0. The molecule has 0 saturated heterocycles. The van der Waals surface area contributed by atoms with Crippen LogP contribution in [0.15, 0.2) is 36.5 Å². The summed E-state index contributed by atoms with van der Waals surface area (Å²) in [6.07, 6.45) is 64.3. The van der Waals surface area contributed by atoms with E-state index in [1.165, 1.54) is 173 Å². The molecule has 0 radical (unpaired) electrons. The van der Waals surface area contributed by atoms with Gasteiger partial charge in [0.05, 0.1) is 0 Å². The molecule has 380 valence electrons. The first-order valence-corrected chi connectivity index (χ1v) is 28.5. The Balaban J connectivity index is 4.23. The molecule has 0 rings (SSSR count). The van der Waals surface area contributed by atoms with Gasteiger partial charge < -0.3 is 14.2 Å². The molecule has 1 unspecified atom stereocenters. The Kier molecular flexibility index (Phi) is 52.3. The maximum absolute atomic E-state index is 12.8. The van der Waals surface area contributed by atoms with E-state index in [0.29, 0.717) is 19.3 Å². The molecule has 0 aliphatic heterocycles. The number of hydrogen-bond donors (Lipinski definition) is 0. The molecule has 0 aromatic carbocycles. The molecule has 0 aliphatic carbocycles.